The van der Waals surface area contributed by atoms with Crippen LogP contribution in [0.1, 0.15) is 44.9 Å². The molecule has 1 aromatic heterocycles. The Labute approximate surface area is 243 Å². The number of benzene rings is 3. The number of alkyl carbamates (subject to hydrolysis) is 1. The topological polar surface area (TPSA) is 136 Å². The number of rotatable bonds is 13. The Morgan fingerprint density at radius 3 is 2.38 bits per heavy atom. The molecule has 0 bridgehead atoms. The van der Waals surface area contributed by atoms with Crippen molar-refractivity contribution in [2.75, 3.05) is 20.2 Å². The molecule has 0 fully saturated rings. The van der Waals surface area contributed by atoms with Crippen molar-refractivity contribution < 1.29 is 33.1 Å². The monoisotopic (exact) mass is 571 g/mol. The normalized spacial score (nSPS) is 11.4. The van der Waals surface area contributed by atoms with Gasteiger partial charge in [0.1, 0.15) is 18.2 Å². The number of carbonyl (C=O) groups excluding carboxylic acids is 4. The molecule has 0 spiro atoms. The molecule has 0 unspecified atom stereocenters. The van der Waals surface area contributed by atoms with Crippen molar-refractivity contribution in [1.29, 1.82) is 0 Å². The predicted octanol–water partition coefficient (Wildman–Crippen LogP) is 4.38. The van der Waals surface area contributed by atoms with Crippen LogP contribution in [0.3, 0.4) is 0 Å². The molecular weight excluding hydrogens is 538 g/mol. The fourth-order valence-electron chi connectivity index (χ4n) is 4.29. The third-order valence-electron chi connectivity index (χ3n) is 6.48. The van der Waals surface area contributed by atoms with E-state index < -0.39 is 24.0 Å². The number of amides is 3. The summed E-state index contributed by atoms with van der Waals surface area (Å²) in [5.41, 5.74) is 2.71. The van der Waals surface area contributed by atoms with Gasteiger partial charge in [0.05, 0.1) is 12.7 Å². The summed E-state index contributed by atoms with van der Waals surface area (Å²) in [7, 11) is 1.32. The fourth-order valence-corrected chi connectivity index (χ4v) is 4.29. The van der Waals surface area contributed by atoms with Crippen molar-refractivity contribution in [2.45, 2.75) is 31.9 Å². The minimum Gasteiger partial charge on any atom is -0.465 e. The maximum Gasteiger partial charge on any atom is 0.407 e. The van der Waals surface area contributed by atoms with E-state index in [1.807, 2.05) is 54.6 Å². The van der Waals surface area contributed by atoms with Gasteiger partial charge in [0.25, 0.3) is 5.91 Å². The van der Waals surface area contributed by atoms with Gasteiger partial charge in [-0.15, -0.1) is 0 Å². The molecule has 3 N–H and O–H groups in total. The molecule has 0 aliphatic carbocycles. The number of nitrogens with one attached hydrogen (secondary N) is 3. The summed E-state index contributed by atoms with van der Waals surface area (Å²) in [6, 6.07) is 24.3. The van der Waals surface area contributed by atoms with Gasteiger partial charge in [0.2, 0.25) is 5.91 Å². The van der Waals surface area contributed by atoms with Gasteiger partial charge in [-0.25, -0.2) is 9.59 Å². The first-order chi connectivity index (χ1) is 20.4. The number of carbonyl (C=O) groups is 4. The molecule has 218 valence electrons. The van der Waals surface area contributed by atoms with Crippen molar-refractivity contribution in [1.82, 2.24) is 16.0 Å². The predicted molar refractivity (Wildman–Crippen MR) is 156 cm³/mol. The number of para-hydroxylation sites is 1. The molecule has 1 atom stereocenters. The first-order valence-corrected chi connectivity index (χ1v) is 13.6. The second kappa shape index (κ2) is 15.0. The van der Waals surface area contributed by atoms with Crippen LogP contribution in [0.15, 0.2) is 89.3 Å². The Kier molecular flexibility index (Phi) is 10.7. The van der Waals surface area contributed by atoms with Crippen LogP contribution in [-0.4, -0.2) is 50.1 Å². The number of hydrogen-bond acceptors (Lipinski definition) is 7. The van der Waals surface area contributed by atoms with E-state index in [-0.39, 0.29) is 37.8 Å². The third-order valence-corrected chi connectivity index (χ3v) is 6.48. The SMILES string of the molecule is COC(=O)c1cccc(CCNC(=O)[C@H](CCCNC(=O)OCc2ccccc2)NC(=O)c2cc3ccccc3o2)c1. The van der Waals surface area contributed by atoms with Crippen LogP contribution in [-0.2, 0) is 27.3 Å². The van der Waals surface area contributed by atoms with Crippen LogP contribution < -0.4 is 16.0 Å². The van der Waals surface area contributed by atoms with Crippen LogP contribution in [0.4, 0.5) is 4.79 Å². The lowest BCUT2D eigenvalue weighted by Crippen LogP contribution is -2.47. The Morgan fingerprint density at radius 2 is 1.60 bits per heavy atom. The quantitative estimate of drug-likeness (QED) is 0.160. The van der Waals surface area contributed by atoms with Crippen molar-refractivity contribution in [2.24, 2.45) is 0 Å². The molecule has 0 aliphatic rings. The van der Waals surface area contributed by atoms with Gasteiger partial charge in [-0.05, 0) is 54.7 Å². The van der Waals surface area contributed by atoms with E-state index in [0.29, 0.717) is 24.0 Å². The number of methoxy groups -OCH3 is 1. The van der Waals surface area contributed by atoms with Crippen LogP contribution >= 0.6 is 0 Å². The van der Waals surface area contributed by atoms with Crippen LogP contribution in [0, 0.1) is 0 Å². The average molecular weight is 572 g/mol. The number of hydrogen-bond donors (Lipinski definition) is 3. The summed E-state index contributed by atoms with van der Waals surface area (Å²) >= 11 is 0. The zero-order valence-corrected chi connectivity index (χ0v) is 23.3. The van der Waals surface area contributed by atoms with Gasteiger partial charge in [-0.1, -0.05) is 60.7 Å². The Morgan fingerprint density at radius 1 is 0.833 bits per heavy atom. The third kappa shape index (κ3) is 8.69. The summed E-state index contributed by atoms with van der Waals surface area (Å²) < 4.78 is 15.6. The van der Waals surface area contributed by atoms with E-state index >= 15 is 0 Å². The van der Waals surface area contributed by atoms with Gasteiger partial charge >= 0.3 is 12.1 Å². The molecule has 10 heteroatoms. The molecule has 1 heterocycles. The van der Waals surface area contributed by atoms with E-state index in [0.717, 1.165) is 16.5 Å². The lowest BCUT2D eigenvalue weighted by Gasteiger charge is -2.18. The molecule has 3 amide bonds. The first-order valence-electron chi connectivity index (χ1n) is 13.6. The minimum atomic E-state index is -0.880. The summed E-state index contributed by atoms with van der Waals surface area (Å²) in [5.74, 6) is -1.24. The molecule has 0 radical (unpaired) electrons. The van der Waals surface area contributed by atoms with Crippen molar-refractivity contribution in [3.05, 3.63) is 107 Å². The highest BCUT2D eigenvalue weighted by atomic mass is 16.5. The molecule has 0 saturated carbocycles. The highest BCUT2D eigenvalue weighted by Crippen LogP contribution is 2.19. The zero-order chi connectivity index (χ0) is 29.7. The molecule has 4 aromatic rings. The molecule has 42 heavy (non-hydrogen) atoms. The van der Waals surface area contributed by atoms with Crippen LogP contribution in [0.25, 0.3) is 11.0 Å². The van der Waals surface area contributed by atoms with E-state index in [1.165, 1.54) is 7.11 Å². The van der Waals surface area contributed by atoms with Crippen molar-refractivity contribution in [3.63, 3.8) is 0 Å². The van der Waals surface area contributed by atoms with Crippen molar-refractivity contribution in [3.8, 4) is 0 Å². The standard InChI is InChI=1S/C32H33N3O7/c1-40-31(38)25-13-7-11-22(19-25)16-18-33-29(36)26(35-30(37)28-20-24-12-5-6-15-27(24)42-28)14-8-17-34-32(39)41-21-23-9-3-2-4-10-23/h2-7,9-13,15,19-20,26H,8,14,16-18,21H2,1H3,(H,33,36)(H,34,39)(H,35,37)/t26-/m0/s1. The lowest BCUT2D eigenvalue weighted by atomic mass is 10.1. The fraction of sp³-hybridized carbons (Fsp3) is 0.250. The van der Waals surface area contributed by atoms with Crippen LogP contribution in [0.5, 0.6) is 0 Å². The van der Waals surface area contributed by atoms with Crippen molar-refractivity contribution >= 4 is 34.8 Å². The van der Waals surface area contributed by atoms with E-state index in [4.69, 9.17) is 13.9 Å². The van der Waals surface area contributed by atoms with E-state index in [2.05, 4.69) is 16.0 Å². The van der Waals surface area contributed by atoms with Gasteiger partial charge < -0.3 is 29.8 Å². The second-order valence-corrected chi connectivity index (χ2v) is 9.54. The van der Waals surface area contributed by atoms with E-state index in [9.17, 15) is 19.2 Å². The molecular formula is C32H33N3O7. The second-order valence-electron chi connectivity index (χ2n) is 9.54. The summed E-state index contributed by atoms with van der Waals surface area (Å²) in [4.78, 5) is 50.0. The Hall–Kier alpha value is -5.12. The number of esters is 1. The summed E-state index contributed by atoms with van der Waals surface area (Å²) in [6.45, 7) is 0.677. The van der Waals surface area contributed by atoms with E-state index in [1.54, 1.807) is 30.3 Å². The average Bonchev–Trinajstić information content (AvgIpc) is 3.46. The molecule has 0 saturated heterocycles. The smallest absolute Gasteiger partial charge is 0.407 e. The molecule has 4 rings (SSSR count). The molecule has 0 aliphatic heterocycles. The molecule has 10 nitrogen and oxygen atoms in total. The number of ether oxygens (including phenoxy) is 2. The zero-order valence-electron chi connectivity index (χ0n) is 23.3. The summed E-state index contributed by atoms with van der Waals surface area (Å²) in [5, 5.41) is 9.06. The first kappa shape index (κ1) is 29.9. The molecule has 3 aromatic carbocycles. The van der Waals surface area contributed by atoms with Gasteiger partial charge in [0.15, 0.2) is 5.76 Å². The largest absolute Gasteiger partial charge is 0.465 e. The van der Waals surface area contributed by atoms with Crippen LogP contribution in [0.2, 0.25) is 0 Å². The number of fused-ring (bicyclic) bond motifs is 1. The minimum absolute atomic E-state index is 0.0937. The maximum atomic E-state index is 13.1. The highest BCUT2D eigenvalue weighted by molar-refractivity contribution is 5.98. The van der Waals surface area contributed by atoms with Gasteiger partial charge in [-0.2, -0.15) is 0 Å². The number of furan rings is 1. The summed E-state index contributed by atoms with van der Waals surface area (Å²) in [6.07, 6.45) is 0.560. The van der Waals surface area contributed by atoms with Gasteiger partial charge in [-0.3, -0.25) is 9.59 Å². The Balaban J connectivity index is 1.32. The van der Waals surface area contributed by atoms with Gasteiger partial charge in [0, 0.05) is 18.5 Å². The highest BCUT2D eigenvalue weighted by Gasteiger charge is 2.23. The maximum absolute atomic E-state index is 13.1. The Bertz CT molecular complexity index is 1480. The lowest BCUT2D eigenvalue weighted by molar-refractivity contribution is -0.123.